The van der Waals surface area contributed by atoms with Crippen molar-refractivity contribution in [2.24, 2.45) is 0 Å². The number of hydrogen-bond acceptors (Lipinski definition) is 2. The van der Waals surface area contributed by atoms with E-state index in [1.165, 1.54) is 23.2 Å². The lowest BCUT2D eigenvalue weighted by Crippen LogP contribution is -2.18. The summed E-state index contributed by atoms with van der Waals surface area (Å²) in [6.45, 7) is 6.31. The third kappa shape index (κ3) is 2.38. The minimum absolute atomic E-state index is 0.194. The maximum atomic E-state index is 9.28. The molecule has 0 radical (unpaired) electrons. The quantitative estimate of drug-likeness (QED) is 0.840. The molecule has 0 saturated carbocycles. The Morgan fingerprint density at radius 3 is 2.94 bits per heavy atom. The van der Waals surface area contributed by atoms with Gasteiger partial charge in [0.25, 0.3) is 0 Å². The molecule has 1 atom stereocenters. The van der Waals surface area contributed by atoms with E-state index < -0.39 is 0 Å². The number of rotatable bonds is 4. The number of likely N-dealkylation sites (N-methyl/N-ethyl adjacent to an activating group) is 1. The van der Waals surface area contributed by atoms with Crippen LogP contribution < -0.4 is 4.90 Å². The Labute approximate surface area is 97.9 Å². The molecule has 0 spiro atoms. The number of fused-ring (bicyclic) bond motifs is 1. The lowest BCUT2D eigenvalue weighted by Gasteiger charge is -2.16. The summed E-state index contributed by atoms with van der Waals surface area (Å²) in [6, 6.07) is 6.76. The van der Waals surface area contributed by atoms with Gasteiger partial charge in [-0.2, -0.15) is 0 Å². The number of aliphatic hydroxyl groups is 1. The Morgan fingerprint density at radius 2 is 2.25 bits per heavy atom. The fraction of sp³-hybridized carbons (Fsp3) is 0.571. The van der Waals surface area contributed by atoms with Crippen molar-refractivity contribution in [1.82, 2.24) is 0 Å². The summed E-state index contributed by atoms with van der Waals surface area (Å²) in [5.74, 6) is 0. The summed E-state index contributed by atoms with van der Waals surface area (Å²) in [5, 5.41) is 9.28. The summed E-state index contributed by atoms with van der Waals surface area (Å²) in [5.41, 5.74) is 4.24. The van der Waals surface area contributed by atoms with Gasteiger partial charge in [-0.15, -0.1) is 0 Å². The normalized spacial score (nSPS) is 16.3. The minimum Gasteiger partial charge on any atom is -0.393 e. The Hall–Kier alpha value is -1.02. The molecule has 2 rings (SSSR count). The van der Waals surface area contributed by atoms with Gasteiger partial charge in [0, 0.05) is 18.8 Å². The van der Waals surface area contributed by atoms with Gasteiger partial charge in [-0.3, -0.25) is 0 Å². The molecule has 1 N–H and O–H groups in total. The zero-order valence-electron chi connectivity index (χ0n) is 10.2. The molecule has 0 aromatic heterocycles. The fourth-order valence-corrected chi connectivity index (χ4v) is 2.38. The van der Waals surface area contributed by atoms with Crippen molar-refractivity contribution in [2.45, 2.75) is 39.2 Å². The van der Waals surface area contributed by atoms with E-state index in [2.05, 4.69) is 30.0 Å². The van der Waals surface area contributed by atoms with Crippen molar-refractivity contribution in [3.63, 3.8) is 0 Å². The van der Waals surface area contributed by atoms with Crippen LogP contribution >= 0.6 is 0 Å². The highest BCUT2D eigenvalue weighted by Crippen LogP contribution is 2.28. The van der Waals surface area contributed by atoms with Crippen LogP contribution in [0.15, 0.2) is 18.2 Å². The topological polar surface area (TPSA) is 23.5 Å². The monoisotopic (exact) mass is 219 g/mol. The summed E-state index contributed by atoms with van der Waals surface area (Å²) >= 11 is 0. The second kappa shape index (κ2) is 4.88. The van der Waals surface area contributed by atoms with Gasteiger partial charge in [0.2, 0.25) is 0 Å². The third-order valence-electron chi connectivity index (χ3n) is 3.37. The fourth-order valence-electron chi connectivity index (χ4n) is 2.38. The number of nitrogens with zero attached hydrogens (tertiary/aromatic N) is 1. The average molecular weight is 219 g/mol. The van der Waals surface area contributed by atoms with Gasteiger partial charge in [-0.25, -0.2) is 0 Å². The van der Waals surface area contributed by atoms with Crippen molar-refractivity contribution in [3.05, 3.63) is 29.3 Å². The number of benzene rings is 1. The first kappa shape index (κ1) is 11.5. The highest BCUT2D eigenvalue weighted by atomic mass is 16.3. The van der Waals surface area contributed by atoms with E-state index in [4.69, 9.17) is 0 Å². The number of aliphatic hydroxyl groups excluding tert-OH is 1. The van der Waals surface area contributed by atoms with Gasteiger partial charge in [0.05, 0.1) is 6.10 Å². The molecule has 16 heavy (non-hydrogen) atoms. The molecule has 88 valence electrons. The van der Waals surface area contributed by atoms with Crippen LogP contribution in [0.5, 0.6) is 0 Å². The van der Waals surface area contributed by atoms with Crippen LogP contribution in [0.2, 0.25) is 0 Å². The molecule has 2 nitrogen and oxygen atoms in total. The summed E-state index contributed by atoms with van der Waals surface area (Å²) in [4.78, 5) is 2.42. The molecule has 1 aliphatic rings. The van der Waals surface area contributed by atoms with E-state index in [0.29, 0.717) is 0 Å². The standard InChI is InChI=1S/C14H21NO/c1-3-15-9-8-13-10-12(5-4-11(2)16)6-7-14(13)15/h6-7,10-11,16H,3-5,8-9H2,1-2H3/t11-/m0/s1. The Morgan fingerprint density at radius 1 is 1.44 bits per heavy atom. The predicted molar refractivity (Wildman–Crippen MR) is 68.0 cm³/mol. The largest absolute Gasteiger partial charge is 0.393 e. The van der Waals surface area contributed by atoms with Crippen LogP contribution in [-0.4, -0.2) is 24.3 Å². The van der Waals surface area contributed by atoms with Crippen molar-refractivity contribution in [3.8, 4) is 0 Å². The molecule has 0 bridgehead atoms. The van der Waals surface area contributed by atoms with Crippen molar-refractivity contribution >= 4 is 5.69 Å². The molecule has 0 unspecified atom stereocenters. The van der Waals surface area contributed by atoms with Gasteiger partial charge in [-0.1, -0.05) is 12.1 Å². The summed E-state index contributed by atoms with van der Waals surface area (Å²) in [7, 11) is 0. The minimum atomic E-state index is -0.194. The zero-order chi connectivity index (χ0) is 11.5. The van der Waals surface area contributed by atoms with Gasteiger partial charge < -0.3 is 10.0 Å². The van der Waals surface area contributed by atoms with Gasteiger partial charge in [0.15, 0.2) is 0 Å². The first-order chi connectivity index (χ1) is 7.70. The molecule has 0 saturated heterocycles. The lowest BCUT2D eigenvalue weighted by atomic mass is 10.0. The molecule has 1 heterocycles. The summed E-state index contributed by atoms with van der Waals surface area (Å²) < 4.78 is 0. The molecule has 1 aromatic rings. The van der Waals surface area contributed by atoms with Crippen LogP contribution in [0.3, 0.4) is 0 Å². The molecular formula is C14H21NO. The van der Waals surface area contributed by atoms with E-state index >= 15 is 0 Å². The number of aryl methyl sites for hydroxylation is 1. The van der Waals surface area contributed by atoms with Crippen molar-refractivity contribution in [1.29, 1.82) is 0 Å². The third-order valence-corrected chi connectivity index (χ3v) is 3.37. The van der Waals surface area contributed by atoms with Crippen LogP contribution in [0, 0.1) is 0 Å². The smallest absolute Gasteiger partial charge is 0.0515 e. The van der Waals surface area contributed by atoms with Gasteiger partial charge >= 0.3 is 0 Å². The van der Waals surface area contributed by atoms with Crippen LogP contribution in [0.4, 0.5) is 5.69 Å². The molecule has 0 amide bonds. The maximum absolute atomic E-state index is 9.28. The summed E-state index contributed by atoms with van der Waals surface area (Å²) in [6.07, 6.45) is 2.82. The van der Waals surface area contributed by atoms with Crippen LogP contribution in [-0.2, 0) is 12.8 Å². The SMILES string of the molecule is CCN1CCc2cc(CC[C@H](C)O)ccc21. The van der Waals surface area contributed by atoms with Crippen molar-refractivity contribution < 1.29 is 5.11 Å². The molecular weight excluding hydrogens is 198 g/mol. The number of hydrogen-bond donors (Lipinski definition) is 1. The second-order valence-electron chi connectivity index (χ2n) is 4.68. The van der Waals surface area contributed by atoms with E-state index in [9.17, 15) is 5.11 Å². The average Bonchev–Trinajstić information content (AvgIpc) is 2.68. The predicted octanol–water partition coefficient (Wildman–Crippen LogP) is 2.38. The molecule has 0 aliphatic carbocycles. The van der Waals surface area contributed by atoms with Gasteiger partial charge in [0.1, 0.15) is 0 Å². The van der Waals surface area contributed by atoms with Gasteiger partial charge in [-0.05, 0) is 50.3 Å². The first-order valence-corrected chi connectivity index (χ1v) is 6.25. The Balaban J connectivity index is 2.09. The highest BCUT2D eigenvalue weighted by molar-refractivity contribution is 5.59. The van der Waals surface area contributed by atoms with E-state index in [1.54, 1.807) is 0 Å². The molecule has 1 aromatic carbocycles. The Kier molecular flexibility index (Phi) is 3.49. The maximum Gasteiger partial charge on any atom is 0.0515 e. The van der Waals surface area contributed by atoms with Crippen LogP contribution in [0.25, 0.3) is 0 Å². The highest BCUT2D eigenvalue weighted by Gasteiger charge is 2.17. The lowest BCUT2D eigenvalue weighted by molar-refractivity contribution is 0.185. The second-order valence-corrected chi connectivity index (χ2v) is 4.68. The van der Waals surface area contributed by atoms with E-state index in [1.807, 2.05) is 6.92 Å². The first-order valence-electron chi connectivity index (χ1n) is 6.25. The Bertz CT molecular complexity index is 360. The van der Waals surface area contributed by atoms with Crippen molar-refractivity contribution in [2.75, 3.05) is 18.0 Å². The number of anilines is 1. The van der Waals surface area contributed by atoms with E-state index in [-0.39, 0.29) is 6.10 Å². The molecule has 2 heteroatoms. The molecule has 1 aliphatic heterocycles. The van der Waals surface area contributed by atoms with Crippen LogP contribution in [0.1, 0.15) is 31.4 Å². The molecule has 0 fully saturated rings. The zero-order valence-corrected chi connectivity index (χ0v) is 10.2. The van der Waals surface area contributed by atoms with E-state index in [0.717, 1.165) is 25.9 Å².